The summed E-state index contributed by atoms with van der Waals surface area (Å²) in [6, 6.07) is 5.50. The Hall–Kier alpha value is -1.44. The third-order valence-electron chi connectivity index (χ3n) is 3.76. The molecule has 0 spiro atoms. The summed E-state index contributed by atoms with van der Waals surface area (Å²) in [5, 5.41) is 3.40. The Kier molecular flexibility index (Phi) is 4.46. The van der Waals surface area contributed by atoms with E-state index in [1.54, 1.807) is 16.8 Å². The molecule has 0 amide bonds. The van der Waals surface area contributed by atoms with Crippen molar-refractivity contribution < 1.29 is 8.42 Å². The lowest BCUT2D eigenvalue weighted by Crippen LogP contribution is -2.26. The van der Waals surface area contributed by atoms with Gasteiger partial charge in [0, 0.05) is 36.3 Å². The zero-order valence-corrected chi connectivity index (χ0v) is 14.1. The van der Waals surface area contributed by atoms with Crippen LogP contribution >= 0.6 is 11.3 Å². The molecule has 118 valence electrons. The summed E-state index contributed by atoms with van der Waals surface area (Å²) < 4.78 is 27.1. The molecule has 1 saturated heterocycles. The average Bonchev–Trinajstić information content (AvgIpc) is 3.19. The van der Waals surface area contributed by atoms with E-state index in [2.05, 4.69) is 14.6 Å². The fourth-order valence-electron chi connectivity index (χ4n) is 2.57. The van der Waals surface area contributed by atoms with Crippen molar-refractivity contribution in [2.75, 3.05) is 18.0 Å². The first kappa shape index (κ1) is 15.5. The Labute approximate surface area is 135 Å². The molecule has 1 aliphatic rings. The van der Waals surface area contributed by atoms with Crippen LogP contribution in [0.2, 0.25) is 0 Å². The predicted molar refractivity (Wildman–Crippen MR) is 88.8 cm³/mol. The zero-order chi connectivity index (χ0) is 15.6. The molecule has 0 saturated carbocycles. The van der Waals surface area contributed by atoms with E-state index < -0.39 is 10.0 Å². The molecule has 0 radical (unpaired) electrons. The lowest BCUT2D eigenvalue weighted by Gasteiger charge is -2.20. The topological polar surface area (TPSA) is 62.3 Å². The van der Waals surface area contributed by atoms with E-state index in [9.17, 15) is 8.42 Å². The highest BCUT2D eigenvalue weighted by atomic mass is 32.2. The summed E-state index contributed by atoms with van der Waals surface area (Å²) in [7, 11) is -3.45. The number of thiophene rings is 1. The number of aryl methyl sites for hydroxylation is 1. The summed E-state index contributed by atoms with van der Waals surface area (Å²) in [6.45, 7) is 4.19. The SMILES string of the molecule is Cc1ccc(CNS(=O)(=O)c2ccsc2)c(N2CCCC2)n1. The summed E-state index contributed by atoms with van der Waals surface area (Å²) in [5.41, 5.74) is 1.87. The quantitative estimate of drug-likeness (QED) is 0.911. The summed E-state index contributed by atoms with van der Waals surface area (Å²) in [6.07, 6.45) is 2.32. The van der Waals surface area contributed by atoms with Gasteiger partial charge in [0.2, 0.25) is 10.0 Å². The fourth-order valence-corrected chi connectivity index (χ4v) is 4.61. The maximum atomic E-state index is 12.2. The molecular formula is C15H19N3O2S2. The van der Waals surface area contributed by atoms with Crippen LogP contribution in [0.4, 0.5) is 5.82 Å². The highest BCUT2D eigenvalue weighted by Gasteiger charge is 2.19. The first-order valence-corrected chi connectivity index (χ1v) is 9.72. The van der Waals surface area contributed by atoms with Crippen LogP contribution in [-0.4, -0.2) is 26.5 Å². The van der Waals surface area contributed by atoms with E-state index in [1.165, 1.54) is 11.3 Å². The van der Waals surface area contributed by atoms with Gasteiger partial charge < -0.3 is 4.90 Å². The van der Waals surface area contributed by atoms with Gasteiger partial charge in [-0.15, -0.1) is 0 Å². The molecule has 0 aromatic carbocycles. The highest BCUT2D eigenvalue weighted by Crippen LogP contribution is 2.23. The van der Waals surface area contributed by atoms with E-state index >= 15 is 0 Å². The van der Waals surface area contributed by atoms with Crippen molar-refractivity contribution in [3.05, 3.63) is 40.2 Å². The summed E-state index contributed by atoms with van der Waals surface area (Å²) in [4.78, 5) is 7.17. The smallest absolute Gasteiger partial charge is 0.241 e. The minimum atomic E-state index is -3.45. The van der Waals surface area contributed by atoms with E-state index in [4.69, 9.17) is 0 Å². The fraction of sp³-hybridized carbons (Fsp3) is 0.400. The van der Waals surface area contributed by atoms with Crippen molar-refractivity contribution in [1.82, 2.24) is 9.71 Å². The molecule has 1 aliphatic heterocycles. The molecule has 2 aromatic rings. The first-order valence-electron chi connectivity index (χ1n) is 7.29. The van der Waals surface area contributed by atoms with Gasteiger partial charge in [-0.3, -0.25) is 0 Å². The highest BCUT2D eigenvalue weighted by molar-refractivity contribution is 7.89. The molecule has 0 unspecified atom stereocenters. The van der Waals surface area contributed by atoms with Gasteiger partial charge in [-0.1, -0.05) is 6.07 Å². The third-order valence-corrected chi connectivity index (χ3v) is 5.99. The van der Waals surface area contributed by atoms with Gasteiger partial charge in [0.15, 0.2) is 0 Å². The monoisotopic (exact) mass is 337 g/mol. The largest absolute Gasteiger partial charge is 0.356 e. The van der Waals surface area contributed by atoms with Crippen LogP contribution in [-0.2, 0) is 16.6 Å². The van der Waals surface area contributed by atoms with E-state index in [0.29, 0.717) is 4.90 Å². The minimum Gasteiger partial charge on any atom is -0.356 e. The number of anilines is 1. The number of nitrogens with zero attached hydrogens (tertiary/aromatic N) is 2. The van der Waals surface area contributed by atoms with Crippen LogP contribution in [0.5, 0.6) is 0 Å². The number of hydrogen-bond acceptors (Lipinski definition) is 5. The van der Waals surface area contributed by atoms with Crippen molar-refractivity contribution in [2.45, 2.75) is 31.2 Å². The summed E-state index contributed by atoms with van der Waals surface area (Å²) in [5.74, 6) is 0.908. The van der Waals surface area contributed by atoms with Gasteiger partial charge in [0.25, 0.3) is 0 Å². The van der Waals surface area contributed by atoms with Crippen LogP contribution in [0.3, 0.4) is 0 Å². The van der Waals surface area contributed by atoms with Crippen LogP contribution in [0.25, 0.3) is 0 Å². The number of pyridine rings is 1. The van der Waals surface area contributed by atoms with E-state index in [-0.39, 0.29) is 6.54 Å². The van der Waals surface area contributed by atoms with Crippen molar-refractivity contribution in [1.29, 1.82) is 0 Å². The Balaban J connectivity index is 1.80. The third kappa shape index (κ3) is 3.31. The molecule has 2 aromatic heterocycles. The maximum Gasteiger partial charge on any atom is 0.241 e. The average molecular weight is 337 g/mol. The maximum absolute atomic E-state index is 12.2. The van der Waals surface area contributed by atoms with E-state index in [0.717, 1.165) is 43.0 Å². The molecule has 7 heteroatoms. The van der Waals surface area contributed by atoms with Gasteiger partial charge in [0.05, 0.1) is 4.90 Å². The Morgan fingerprint density at radius 3 is 2.73 bits per heavy atom. The van der Waals surface area contributed by atoms with Gasteiger partial charge in [-0.05, 0) is 37.3 Å². The van der Waals surface area contributed by atoms with Crippen molar-refractivity contribution >= 4 is 27.2 Å². The van der Waals surface area contributed by atoms with Crippen LogP contribution in [0, 0.1) is 6.92 Å². The molecule has 0 bridgehead atoms. The number of rotatable bonds is 5. The number of aromatic nitrogens is 1. The molecule has 22 heavy (non-hydrogen) atoms. The Morgan fingerprint density at radius 1 is 1.27 bits per heavy atom. The second-order valence-corrected chi connectivity index (χ2v) is 7.96. The molecule has 3 heterocycles. The normalized spacial score (nSPS) is 15.4. The Bertz CT molecular complexity index is 736. The second kappa shape index (κ2) is 6.36. The number of nitrogens with one attached hydrogen (secondary N) is 1. The second-order valence-electron chi connectivity index (χ2n) is 5.41. The standard InChI is InChI=1S/C15H19N3O2S2/c1-12-4-5-13(15(17-12)18-7-2-3-8-18)10-16-22(19,20)14-6-9-21-11-14/h4-6,9,11,16H,2-3,7-8,10H2,1H3. The van der Waals surface area contributed by atoms with Crippen molar-refractivity contribution in [2.24, 2.45) is 0 Å². The molecule has 3 rings (SSSR count). The van der Waals surface area contributed by atoms with Gasteiger partial charge in [-0.25, -0.2) is 18.1 Å². The van der Waals surface area contributed by atoms with Crippen molar-refractivity contribution in [3.8, 4) is 0 Å². The van der Waals surface area contributed by atoms with Gasteiger partial charge in [0.1, 0.15) is 5.82 Å². The van der Waals surface area contributed by atoms with Gasteiger partial charge >= 0.3 is 0 Å². The number of sulfonamides is 1. The number of hydrogen-bond donors (Lipinski definition) is 1. The Morgan fingerprint density at radius 2 is 2.05 bits per heavy atom. The molecule has 0 aliphatic carbocycles. The van der Waals surface area contributed by atoms with Gasteiger partial charge in [-0.2, -0.15) is 11.3 Å². The molecular weight excluding hydrogens is 318 g/mol. The molecule has 1 fully saturated rings. The molecule has 0 atom stereocenters. The zero-order valence-electron chi connectivity index (χ0n) is 12.4. The molecule has 5 nitrogen and oxygen atoms in total. The summed E-state index contributed by atoms with van der Waals surface area (Å²) >= 11 is 1.37. The molecule has 1 N–H and O–H groups in total. The lowest BCUT2D eigenvalue weighted by atomic mass is 10.2. The van der Waals surface area contributed by atoms with Crippen LogP contribution in [0.15, 0.2) is 33.9 Å². The lowest BCUT2D eigenvalue weighted by molar-refractivity contribution is 0.581. The predicted octanol–water partition coefficient (Wildman–Crippen LogP) is 2.53. The van der Waals surface area contributed by atoms with Crippen molar-refractivity contribution in [3.63, 3.8) is 0 Å². The van der Waals surface area contributed by atoms with Crippen LogP contribution in [0.1, 0.15) is 24.1 Å². The van der Waals surface area contributed by atoms with E-state index in [1.807, 2.05) is 19.1 Å². The van der Waals surface area contributed by atoms with Crippen LogP contribution < -0.4 is 9.62 Å². The first-order chi connectivity index (χ1) is 10.6. The minimum absolute atomic E-state index is 0.261.